The lowest BCUT2D eigenvalue weighted by molar-refractivity contribution is 0.0984. The van der Waals surface area contributed by atoms with E-state index in [9.17, 15) is 9.59 Å². The quantitative estimate of drug-likeness (QED) is 0.812. The summed E-state index contributed by atoms with van der Waals surface area (Å²) < 4.78 is 1.45. The van der Waals surface area contributed by atoms with Crippen molar-refractivity contribution in [2.45, 2.75) is 19.8 Å². The Morgan fingerprint density at radius 1 is 1.27 bits per heavy atom. The number of benzene rings is 1. The predicted octanol–water partition coefficient (Wildman–Crippen LogP) is 2.94. The first kappa shape index (κ1) is 14.9. The lowest BCUT2D eigenvalue weighted by atomic mass is 9.97. The van der Waals surface area contributed by atoms with Crippen molar-refractivity contribution in [3.63, 3.8) is 0 Å². The van der Waals surface area contributed by atoms with E-state index in [1.165, 1.54) is 10.6 Å². The summed E-state index contributed by atoms with van der Waals surface area (Å²) in [4.78, 5) is 26.3. The molecule has 114 valence electrons. The molecule has 0 fully saturated rings. The van der Waals surface area contributed by atoms with E-state index in [1.807, 2.05) is 19.1 Å². The standard InChI is InChI=1S/C17H17ClN2O2/c1-11-8-14(18)9-12-4-3-6-20(16(11)12)17(22)13-5-7-19(2)15(21)10-13/h5,7-10H,3-4,6H2,1-2H3. The Morgan fingerprint density at radius 2 is 2.05 bits per heavy atom. The van der Waals surface area contributed by atoms with Crippen LogP contribution in [-0.4, -0.2) is 17.0 Å². The van der Waals surface area contributed by atoms with Crippen LogP contribution in [0.5, 0.6) is 0 Å². The van der Waals surface area contributed by atoms with E-state index in [-0.39, 0.29) is 11.5 Å². The molecular formula is C17H17ClN2O2. The second-order valence-electron chi connectivity index (χ2n) is 5.66. The zero-order valence-electron chi connectivity index (χ0n) is 12.6. The lowest BCUT2D eigenvalue weighted by Crippen LogP contribution is -2.36. The number of fused-ring (bicyclic) bond motifs is 1. The highest BCUT2D eigenvalue weighted by Gasteiger charge is 2.25. The van der Waals surface area contributed by atoms with Crippen molar-refractivity contribution in [1.82, 2.24) is 4.57 Å². The zero-order valence-corrected chi connectivity index (χ0v) is 13.4. The number of carbonyl (C=O) groups is 1. The summed E-state index contributed by atoms with van der Waals surface area (Å²) in [6, 6.07) is 6.87. The number of carbonyl (C=O) groups excluding carboxylic acids is 1. The Morgan fingerprint density at radius 3 is 2.77 bits per heavy atom. The molecule has 0 saturated carbocycles. The molecular weight excluding hydrogens is 300 g/mol. The molecule has 0 N–H and O–H groups in total. The van der Waals surface area contributed by atoms with Gasteiger partial charge in [0.1, 0.15) is 0 Å². The van der Waals surface area contributed by atoms with Gasteiger partial charge in [0.25, 0.3) is 11.5 Å². The summed E-state index contributed by atoms with van der Waals surface area (Å²) in [5.41, 5.74) is 3.25. The highest BCUT2D eigenvalue weighted by Crippen LogP contribution is 2.34. The SMILES string of the molecule is Cc1cc(Cl)cc2c1N(C(=O)c1ccn(C)c(=O)c1)CCC2. The second-order valence-corrected chi connectivity index (χ2v) is 6.09. The molecule has 0 saturated heterocycles. The molecule has 0 radical (unpaired) electrons. The fourth-order valence-corrected chi connectivity index (χ4v) is 3.26. The molecule has 2 heterocycles. The average Bonchev–Trinajstić information content (AvgIpc) is 2.48. The number of halogens is 1. The van der Waals surface area contributed by atoms with Gasteiger partial charge < -0.3 is 9.47 Å². The van der Waals surface area contributed by atoms with E-state index < -0.39 is 0 Å². The number of pyridine rings is 1. The first-order valence-corrected chi connectivity index (χ1v) is 7.63. The maximum atomic E-state index is 12.8. The van der Waals surface area contributed by atoms with Gasteiger partial charge in [0, 0.05) is 36.4 Å². The molecule has 1 aromatic heterocycles. The number of aryl methyl sites for hydroxylation is 3. The minimum Gasteiger partial charge on any atom is -0.319 e. The van der Waals surface area contributed by atoms with Gasteiger partial charge in [-0.05, 0) is 49.1 Å². The van der Waals surface area contributed by atoms with E-state index >= 15 is 0 Å². The number of anilines is 1. The number of hydrogen-bond donors (Lipinski definition) is 0. The van der Waals surface area contributed by atoms with Crippen LogP contribution in [0.1, 0.15) is 27.9 Å². The molecule has 0 spiro atoms. The Bertz CT molecular complexity index is 811. The monoisotopic (exact) mass is 316 g/mol. The summed E-state index contributed by atoms with van der Waals surface area (Å²) in [5, 5.41) is 0.694. The summed E-state index contributed by atoms with van der Waals surface area (Å²) in [7, 11) is 1.67. The van der Waals surface area contributed by atoms with Gasteiger partial charge in [-0.3, -0.25) is 9.59 Å². The van der Waals surface area contributed by atoms with E-state index in [0.717, 1.165) is 29.7 Å². The molecule has 0 bridgehead atoms. The van der Waals surface area contributed by atoms with Gasteiger partial charge in [-0.15, -0.1) is 0 Å². The van der Waals surface area contributed by atoms with Crippen LogP contribution in [-0.2, 0) is 13.5 Å². The summed E-state index contributed by atoms with van der Waals surface area (Å²) in [6.45, 7) is 2.61. The van der Waals surface area contributed by atoms with Crippen molar-refractivity contribution in [1.29, 1.82) is 0 Å². The van der Waals surface area contributed by atoms with Crippen LogP contribution in [0.4, 0.5) is 5.69 Å². The van der Waals surface area contributed by atoms with Crippen LogP contribution in [0, 0.1) is 6.92 Å². The van der Waals surface area contributed by atoms with Crippen molar-refractivity contribution in [2.75, 3.05) is 11.4 Å². The molecule has 1 aliphatic heterocycles. The van der Waals surface area contributed by atoms with Gasteiger partial charge in [-0.1, -0.05) is 11.6 Å². The van der Waals surface area contributed by atoms with Crippen LogP contribution in [0.2, 0.25) is 5.02 Å². The predicted molar refractivity (Wildman–Crippen MR) is 87.9 cm³/mol. The number of amides is 1. The van der Waals surface area contributed by atoms with Gasteiger partial charge in [-0.2, -0.15) is 0 Å². The number of nitrogens with zero attached hydrogens (tertiary/aromatic N) is 2. The van der Waals surface area contributed by atoms with Crippen LogP contribution < -0.4 is 10.5 Å². The van der Waals surface area contributed by atoms with Crippen LogP contribution in [0.25, 0.3) is 0 Å². The first-order chi connectivity index (χ1) is 10.5. The molecule has 1 amide bonds. The van der Waals surface area contributed by atoms with Crippen molar-refractivity contribution in [2.24, 2.45) is 7.05 Å². The van der Waals surface area contributed by atoms with Gasteiger partial charge in [-0.25, -0.2) is 0 Å². The Kier molecular flexibility index (Phi) is 3.79. The number of aromatic nitrogens is 1. The third-order valence-corrected chi connectivity index (χ3v) is 4.26. The maximum Gasteiger partial charge on any atom is 0.258 e. The Balaban J connectivity index is 2.05. The molecule has 1 aliphatic rings. The van der Waals surface area contributed by atoms with Gasteiger partial charge in [0.2, 0.25) is 0 Å². The molecule has 1 aromatic carbocycles. The number of rotatable bonds is 1. The second kappa shape index (κ2) is 5.61. The third kappa shape index (κ3) is 2.55. The normalized spacial score (nSPS) is 13.9. The van der Waals surface area contributed by atoms with Crippen LogP contribution in [0.15, 0.2) is 35.3 Å². The molecule has 2 aromatic rings. The summed E-state index contributed by atoms with van der Waals surface area (Å²) >= 11 is 6.12. The van der Waals surface area contributed by atoms with E-state index in [4.69, 9.17) is 11.6 Å². The highest BCUT2D eigenvalue weighted by molar-refractivity contribution is 6.31. The molecule has 0 aliphatic carbocycles. The topological polar surface area (TPSA) is 42.3 Å². The van der Waals surface area contributed by atoms with Gasteiger partial charge in [0.15, 0.2) is 0 Å². The van der Waals surface area contributed by atoms with Gasteiger partial charge in [0.05, 0.1) is 5.69 Å². The largest absolute Gasteiger partial charge is 0.319 e. The highest BCUT2D eigenvalue weighted by atomic mass is 35.5. The van der Waals surface area contributed by atoms with E-state index in [1.54, 1.807) is 24.2 Å². The van der Waals surface area contributed by atoms with Gasteiger partial charge >= 0.3 is 0 Å². The maximum absolute atomic E-state index is 12.8. The average molecular weight is 317 g/mol. The minimum absolute atomic E-state index is 0.135. The first-order valence-electron chi connectivity index (χ1n) is 7.25. The smallest absolute Gasteiger partial charge is 0.258 e. The summed E-state index contributed by atoms with van der Waals surface area (Å²) in [6.07, 6.45) is 3.43. The molecule has 5 heteroatoms. The van der Waals surface area contributed by atoms with Crippen LogP contribution >= 0.6 is 11.6 Å². The fraction of sp³-hybridized carbons (Fsp3) is 0.294. The number of hydrogen-bond acceptors (Lipinski definition) is 2. The van der Waals surface area contributed by atoms with Crippen molar-refractivity contribution >= 4 is 23.2 Å². The fourth-order valence-electron chi connectivity index (χ4n) is 2.96. The molecule has 0 atom stereocenters. The van der Waals surface area contributed by atoms with Crippen molar-refractivity contribution in [3.05, 3.63) is 62.5 Å². The van der Waals surface area contributed by atoms with E-state index in [2.05, 4.69) is 0 Å². The summed E-state index contributed by atoms with van der Waals surface area (Å²) in [5.74, 6) is -0.135. The molecule has 4 nitrogen and oxygen atoms in total. The van der Waals surface area contributed by atoms with Crippen LogP contribution in [0.3, 0.4) is 0 Å². The molecule has 0 unspecified atom stereocenters. The Hall–Kier alpha value is -2.07. The zero-order chi connectivity index (χ0) is 15.9. The lowest BCUT2D eigenvalue weighted by Gasteiger charge is -2.31. The van der Waals surface area contributed by atoms with Crippen molar-refractivity contribution in [3.8, 4) is 0 Å². The molecule has 22 heavy (non-hydrogen) atoms. The Labute approximate surface area is 133 Å². The molecule has 3 rings (SSSR count). The third-order valence-electron chi connectivity index (χ3n) is 4.04. The van der Waals surface area contributed by atoms with Crippen molar-refractivity contribution < 1.29 is 4.79 Å². The minimum atomic E-state index is -0.184. The van der Waals surface area contributed by atoms with E-state index in [0.29, 0.717) is 17.1 Å².